The Labute approximate surface area is 180 Å². The second-order valence-corrected chi connectivity index (χ2v) is 8.64. The van der Waals surface area contributed by atoms with Gasteiger partial charge in [-0.3, -0.25) is 0 Å². The number of rotatable bonds is 4. The van der Waals surface area contributed by atoms with Crippen molar-refractivity contribution in [3.63, 3.8) is 0 Å². The Morgan fingerprint density at radius 3 is 2.81 bits per heavy atom. The predicted octanol–water partition coefficient (Wildman–Crippen LogP) is 2.22. The minimum atomic E-state index is -0.650. The van der Waals surface area contributed by atoms with Crippen LogP contribution in [0.15, 0.2) is 36.8 Å². The van der Waals surface area contributed by atoms with Crippen molar-refractivity contribution < 1.29 is 14.6 Å². The number of amides is 1. The largest absolute Gasteiger partial charge is 0.444 e. The number of fused-ring (bicyclic) bond motifs is 1. The molecule has 0 bridgehead atoms. The van der Waals surface area contributed by atoms with Crippen LogP contribution in [0.2, 0.25) is 0 Å². The molecule has 0 radical (unpaired) electrons. The zero-order valence-electron chi connectivity index (χ0n) is 17.9. The van der Waals surface area contributed by atoms with Crippen LogP contribution in [-0.4, -0.2) is 72.0 Å². The lowest BCUT2D eigenvalue weighted by atomic mass is 9.94. The summed E-state index contributed by atoms with van der Waals surface area (Å²) in [5.41, 5.74) is 1.61. The standard InChI is InChI=1S/C21H27N7O3/c1-21(2,3)31-20(30)27-10-6-14(17(29)13-27)12-23-19-22-8-4-15(26-19)16-7-11-28-18(25-16)5-9-24-28/h4-5,7-9,11,14,17,29H,6,10,12-13H2,1-3H3,(H,22,23,26)/t14-,17+/m0/s1. The lowest BCUT2D eigenvalue weighted by molar-refractivity contribution is -0.0104. The SMILES string of the molecule is CC(C)(C)OC(=O)N1CC[C@@H](CNc2nccc(-c3ccn4nccc4n3)n2)[C@H](O)C1. The molecule has 2 atom stereocenters. The molecule has 3 aromatic heterocycles. The first kappa shape index (κ1) is 21.0. The fraction of sp³-hybridized carbons (Fsp3) is 0.476. The van der Waals surface area contributed by atoms with E-state index in [0.29, 0.717) is 31.2 Å². The summed E-state index contributed by atoms with van der Waals surface area (Å²) in [5.74, 6) is 0.446. The van der Waals surface area contributed by atoms with Gasteiger partial charge in [0.15, 0.2) is 5.65 Å². The third-order valence-electron chi connectivity index (χ3n) is 5.07. The van der Waals surface area contributed by atoms with Crippen molar-refractivity contribution in [2.75, 3.05) is 25.0 Å². The fourth-order valence-corrected chi connectivity index (χ4v) is 3.47. The first-order chi connectivity index (χ1) is 14.8. The number of β-amino-alcohol motifs (C(OH)–C–C–N with tert-alkyl or cyclic N) is 1. The molecule has 2 N–H and O–H groups in total. The van der Waals surface area contributed by atoms with Gasteiger partial charge >= 0.3 is 6.09 Å². The van der Waals surface area contributed by atoms with Crippen molar-refractivity contribution >= 4 is 17.7 Å². The van der Waals surface area contributed by atoms with Crippen molar-refractivity contribution in [1.29, 1.82) is 0 Å². The highest BCUT2D eigenvalue weighted by atomic mass is 16.6. The Bertz CT molecular complexity index is 1060. The van der Waals surface area contributed by atoms with Crippen LogP contribution in [0.3, 0.4) is 0 Å². The van der Waals surface area contributed by atoms with Gasteiger partial charge in [-0.2, -0.15) is 5.10 Å². The molecule has 0 unspecified atom stereocenters. The molecule has 0 aromatic carbocycles. The van der Waals surface area contributed by atoms with Gasteiger partial charge in [0.1, 0.15) is 5.60 Å². The van der Waals surface area contributed by atoms with Crippen LogP contribution in [-0.2, 0) is 4.74 Å². The number of nitrogens with one attached hydrogen (secondary N) is 1. The summed E-state index contributed by atoms with van der Waals surface area (Å²) in [6.45, 7) is 6.77. The number of likely N-dealkylation sites (tertiary alicyclic amines) is 1. The number of ether oxygens (including phenoxy) is 1. The molecule has 4 heterocycles. The van der Waals surface area contributed by atoms with Gasteiger partial charge in [-0.05, 0) is 39.3 Å². The van der Waals surface area contributed by atoms with E-state index in [-0.39, 0.29) is 12.5 Å². The van der Waals surface area contributed by atoms with E-state index in [1.807, 2.05) is 39.1 Å². The number of piperidine rings is 1. The van der Waals surface area contributed by atoms with E-state index in [2.05, 4.69) is 25.4 Å². The molecule has 10 nitrogen and oxygen atoms in total. The van der Waals surface area contributed by atoms with Gasteiger partial charge in [-0.1, -0.05) is 0 Å². The number of aromatic nitrogens is 5. The van der Waals surface area contributed by atoms with Crippen molar-refractivity contribution in [3.8, 4) is 11.4 Å². The van der Waals surface area contributed by atoms with Crippen molar-refractivity contribution in [1.82, 2.24) is 29.5 Å². The molecule has 1 aliphatic heterocycles. The van der Waals surface area contributed by atoms with Crippen LogP contribution < -0.4 is 5.32 Å². The summed E-state index contributed by atoms with van der Waals surface area (Å²) in [6, 6.07) is 5.48. The fourth-order valence-electron chi connectivity index (χ4n) is 3.47. The average Bonchev–Trinajstić information content (AvgIpc) is 3.19. The highest BCUT2D eigenvalue weighted by Gasteiger charge is 2.32. The molecule has 0 saturated carbocycles. The van der Waals surface area contributed by atoms with Crippen molar-refractivity contribution in [2.24, 2.45) is 5.92 Å². The number of hydrogen-bond donors (Lipinski definition) is 2. The maximum atomic E-state index is 12.2. The molecule has 10 heteroatoms. The number of carbonyl (C=O) groups excluding carboxylic acids is 1. The first-order valence-electron chi connectivity index (χ1n) is 10.3. The molecule has 164 valence electrons. The summed E-state index contributed by atoms with van der Waals surface area (Å²) in [4.78, 5) is 27.2. The summed E-state index contributed by atoms with van der Waals surface area (Å²) in [5, 5.41) is 17.9. The Hall–Kier alpha value is -3.27. The zero-order valence-corrected chi connectivity index (χ0v) is 17.9. The van der Waals surface area contributed by atoms with Crippen LogP contribution in [0, 0.1) is 5.92 Å². The van der Waals surface area contributed by atoms with Gasteiger partial charge in [-0.15, -0.1) is 0 Å². The lowest BCUT2D eigenvalue weighted by Crippen LogP contribution is -2.49. The normalized spacial score (nSPS) is 19.4. The van der Waals surface area contributed by atoms with E-state index in [4.69, 9.17) is 4.74 Å². The molecule has 4 rings (SSSR count). The average molecular weight is 425 g/mol. The highest BCUT2D eigenvalue weighted by Crippen LogP contribution is 2.21. The Balaban J connectivity index is 1.35. The van der Waals surface area contributed by atoms with Gasteiger partial charge in [0.05, 0.1) is 30.2 Å². The predicted molar refractivity (Wildman–Crippen MR) is 114 cm³/mol. The minimum Gasteiger partial charge on any atom is -0.444 e. The molecule has 31 heavy (non-hydrogen) atoms. The number of nitrogens with zero attached hydrogens (tertiary/aromatic N) is 6. The van der Waals surface area contributed by atoms with E-state index < -0.39 is 17.8 Å². The Morgan fingerprint density at radius 2 is 2.03 bits per heavy atom. The van der Waals surface area contributed by atoms with Gasteiger partial charge in [-0.25, -0.2) is 24.3 Å². The van der Waals surface area contributed by atoms with Crippen LogP contribution in [0.4, 0.5) is 10.7 Å². The van der Waals surface area contributed by atoms with Crippen LogP contribution >= 0.6 is 0 Å². The molecule has 0 spiro atoms. The van der Waals surface area contributed by atoms with Gasteiger partial charge in [0, 0.05) is 37.5 Å². The van der Waals surface area contributed by atoms with Gasteiger partial charge in [0.25, 0.3) is 0 Å². The summed E-state index contributed by atoms with van der Waals surface area (Å²) in [6.07, 6.45) is 4.82. The number of hydrogen-bond acceptors (Lipinski definition) is 8. The van der Waals surface area contributed by atoms with Crippen LogP contribution in [0.1, 0.15) is 27.2 Å². The summed E-state index contributed by atoms with van der Waals surface area (Å²) in [7, 11) is 0. The second-order valence-electron chi connectivity index (χ2n) is 8.64. The van der Waals surface area contributed by atoms with Gasteiger partial charge < -0.3 is 20.1 Å². The zero-order chi connectivity index (χ0) is 22.0. The molecule has 1 fully saturated rings. The molecule has 0 aliphatic carbocycles. The lowest BCUT2D eigenvalue weighted by Gasteiger charge is -2.36. The quantitative estimate of drug-likeness (QED) is 0.653. The van der Waals surface area contributed by atoms with Crippen LogP contribution in [0.25, 0.3) is 17.0 Å². The maximum absolute atomic E-state index is 12.2. The molecular formula is C21H27N7O3. The third-order valence-corrected chi connectivity index (χ3v) is 5.07. The smallest absolute Gasteiger partial charge is 0.410 e. The second kappa shape index (κ2) is 8.46. The monoisotopic (exact) mass is 425 g/mol. The van der Waals surface area contributed by atoms with Crippen molar-refractivity contribution in [3.05, 3.63) is 36.8 Å². The Morgan fingerprint density at radius 1 is 1.23 bits per heavy atom. The highest BCUT2D eigenvalue weighted by molar-refractivity contribution is 5.68. The van der Waals surface area contributed by atoms with E-state index in [1.54, 1.807) is 27.9 Å². The topological polar surface area (TPSA) is 118 Å². The van der Waals surface area contributed by atoms with E-state index in [1.165, 1.54) is 0 Å². The molecular weight excluding hydrogens is 398 g/mol. The molecule has 1 aliphatic rings. The van der Waals surface area contributed by atoms with Gasteiger partial charge in [0.2, 0.25) is 5.95 Å². The van der Waals surface area contributed by atoms with E-state index >= 15 is 0 Å². The molecule has 1 saturated heterocycles. The summed E-state index contributed by atoms with van der Waals surface area (Å²) >= 11 is 0. The minimum absolute atomic E-state index is 0.0211. The van der Waals surface area contributed by atoms with E-state index in [0.717, 1.165) is 11.3 Å². The maximum Gasteiger partial charge on any atom is 0.410 e. The third kappa shape index (κ3) is 5.08. The number of carbonyl (C=O) groups is 1. The van der Waals surface area contributed by atoms with Crippen molar-refractivity contribution in [2.45, 2.75) is 38.9 Å². The van der Waals surface area contributed by atoms with Crippen LogP contribution in [0.5, 0.6) is 0 Å². The summed E-state index contributed by atoms with van der Waals surface area (Å²) < 4.78 is 7.09. The first-order valence-corrected chi connectivity index (χ1v) is 10.3. The molecule has 3 aromatic rings. The Kier molecular flexibility index (Phi) is 5.73. The molecule has 1 amide bonds. The number of aliphatic hydroxyl groups excluding tert-OH is 1. The van der Waals surface area contributed by atoms with E-state index in [9.17, 15) is 9.90 Å². The number of aliphatic hydroxyl groups is 1. The number of anilines is 1.